The van der Waals surface area contributed by atoms with Gasteiger partial charge in [-0.1, -0.05) is 6.07 Å². The number of nitrogens with zero attached hydrogens (tertiary/aromatic N) is 3. The van der Waals surface area contributed by atoms with Crippen molar-refractivity contribution < 1.29 is 4.39 Å². The van der Waals surface area contributed by atoms with Crippen molar-refractivity contribution in [1.29, 1.82) is 0 Å². The molecule has 18 heavy (non-hydrogen) atoms. The third-order valence-electron chi connectivity index (χ3n) is 2.44. The zero-order valence-electron chi connectivity index (χ0n) is 9.25. The SMILES string of the molecule is Fc1ccc(-c2cnc(-c3cccs3)nn2)cc1. The number of rotatable bonds is 2. The lowest BCUT2D eigenvalue weighted by molar-refractivity contribution is 0.628. The van der Waals surface area contributed by atoms with Crippen LogP contribution >= 0.6 is 11.3 Å². The number of hydrogen-bond acceptors (Lipinski definition) is 4. The Kier molecular flexibility index (Phi) is 2.82. The minimum atomic E-state index is -0.269. The van der Waals surface area contributed by atoms with Gasteiger partial charge < -0.3 is 0 Å². The van der Waals surface area contributed by atoms with E-state index in [1.165, 1.54) is 12.1 Å². The smallest absolute Gasteiger partial charge is 0.191 e. The van der Waals surface area contributed by atoms with Gasteiger partial charge in [-0.15, -0.1) is 21.5 Å². The summed E-state index contributed by atoms with van der Waals surface area (Å²) in [5.41, 5.74) is 1.43. The Hall–Kier alpha value is -2.14. The van der Waals surface area contributed by atoms with Crippen LogP contribution in [0.15, 0.2) is 48.0 Å². The fourth-order valence-corrected chi connectivity index (χ4v) is 2.21. The summed E-state index contributed by atoms with van der Waals surface area (Å²) in [5.74, 6) is 0.339. The Morgan fingerprint density at radius 1 is 1.00 bits per heavy atom. The zero-order chi connectivity index (χ0) is 12.4. The first kappa shape index (κ1) is 11.0. The van der Waals surface area contributed by atoms with Crippen molar-refractivity contribution in [3.05, 3.63) is 53.8 Å². The van der Waals surface area contributed by atoms with Gasteiger partial charge in [0.25, 0.3) is 0 Å². The second-order valence-electron chi connectivity index (χ2n) is 3.65. The highest BCUT2D eigenvalue weighted by Crippen LogP contribution is 2.21. The maximum Gasteiger partial charge on any atom is 0.191 e. The molecule has 0 fully saturated rings. The zero-order valence-corrected chi connectivity index (χ0v) is 10.1. The molecule has 0 unspecified atom stereocenters. The third kappa shape index (κ3) is 2.12. The Morgan fingerprint density at radius 2 is 1.83 bits per heavy atom. The molecule has 0 atom stereocenters. The molecule has 0 radical (unpaired) electrons. The van der Waals surface area contributed by atoms with E-state index in [1.54, 1.807) is 29.7 Å². The summed E-state index contributed by atoms with van der Waals surface area (Å²) in [6.45, 7) is 0. The van der Waals surface area contributed by atoms with E-state index in [9.17, 15) is 4.39 Å². The first-order chi connectivity index (χ1) is 8.83. The quantitative estimate of drug-likeness (QED) is 0.706. The molecule has 0 N–H and O–H groups in total. The van der Waals surface area contributed by atoms with Crippen LogP contribution in [0.4, 0.5) is 4.39 Å². The van der Waals surface area contributed by atoms with Crippen molar-refractivity contribution in [3.8, 4) is 22.0 Å². The van der Waals surface area contributed by atoms with Gasteiger partial charge in [0.05, 0.1) is 11.1 Å². The molecule has 0 saturated heterocycles. The van der Waals surface area contributed by atoms with Crippen molar-refractivity contribution in [3.63, 3.8) is 0 Å². The molecule has 3 nitrogen and oxygen atoms in total. The maximum absolute atomic E-state index is 12.8. The normalized spacial score (nSPS) is 10.5. The number of halogens is 1. The van der Waals surface area contributed by atoms with Gasteiger partial charge in [0.1, 0.15) is 11.5 Å². The van der Waals surface area contributed by atoms with Gasteiger partial charge in [0, 0.05) is 5.56 Å². The van der Waals surface area contributed by atoms with E-state index in [0.717, 1.165) is 10.4 Å². The first-order valence-corrected chi connectivity index (χ1v) is 6.20. The van der Waals surface area contributed by atoms with Crippen LogP contribution < -0.4 is 0 Å². The van der Waals surface area contributed by atoms with E-state index in [2.05, 4.69) is 15.2 Å². The number of thiophene rings is 1. The monoisotopic (exact) mass is 257 g/mol. The fraction of sp³-hybridized carbons (Fsp3) is 0. The summed E-state index contributed by atoms with van der Waals surface area (Å²) in [5, 5.41) is 10.1. The van der Waals surface area contributed by atoms with Crippen molar-refractivity contribution >= 4 is 11.3 Å². The average molecular weight is 257 g/mol. The molecule has 3 rings (SSSR count). The van der Waals surface area contributed by atoms with Crippen LogP contribution in [-0.4, -0.2) is 15.2 Å². The standard InChI is InChI=1S/C13H8FN3S/c14-10-5-3-9(4-6-10)11-8-15-13(17-16-11)12-2-1-7-18-12/h1-8H. The van der Waals surface area contributed by atoms with Crippen molar-refractivity contribution in [2.45, 2.75) is 0 Å². The Morgan fingerprint density at radius 3 is 2.44 bits per heavy atom. The average Bonchev–Trinajstić information content (AvgIpc) is 2.94. The maximum atomic E-state index is 12.8. The fourth-order valence-electron chi connectivity index (χ4n) is 1.55. The number of benzene rings is 1. The van der Waals surface area contributed by atoms with Crippen LogP contribution in [0.1, 0.15) is 0 Å². The van der Waals surface area contributed by atoms with Crippen LogP contribution in [0.3, 0.4) is 0 Å². The van der Waals surface area contributed by atoms with E-state index < -0.39 is 0 Å². The van der Waals surface area contributed by atoms with E-state index in [1.807, 2.05) is 17.5 Å². The van der Waals surface area contributed by atoms with Crippen LogP contribution in [0.25, 0.3) is 22.0 Å². The highest BCUT2D eigenvalue weighted by Gasteiger charge is 2.05. The lowest BCUT2D eigenvalue weighted by Gasteiger charge is -2.00. The summed E-state index contributed by atoms with van der Waals surface area (Å²) in [7, 11) is 0. The van der Waals surface area contributed by atoms with E-state index in [-0.39, 0.29) is 5.82 Å². The molecule has 2 aromatic heterocycles. The molecule has 0 bridgehead atoms. The number of hydrogen-bond donors (Lipinski definition) is 0. The van der Waals surface area contributed by atoms with Gasteiger partial charge in [-0.3, -0.25) is 0 Å². The summed E-state index contributed by atoms with van der Waals surface area (Å²) in [6, 6.07) is 9.99. The minimum Gasteiger partial charge on any atom is -0.232 e. The molecule has 0 aliphatic rings. The van der Waals surface area contributed by atoms with Gasteiger partial charge in [0.15, 0.2) is 5.82 Å². The highest BCUT2D eigenvalue weighted by atomic mass is 32.1. The molecule has 1 aromatic carbocycles. The second-order valence-corrected chi connectivity index (χ2v) is 4.60. The molecule has 0 amide bonds. The molecular formula is C13H8FN3S. The van der Waals surface area contributed by atoms with Crippen LogP contribution in [0, 0.1) is 5.82 Å². The molecule has 5 heteroatoms. The lowest BCUT2D eigenvalue weighted by Crippen LogP contribution is -1.93. The van der Waals surface area contributed by atoms with Crippen LogP contribution in [0.5, 0.6) is 0 Å². The Balaban J connectivity index is 1.94. The molecular weight excluding hydrogens is 249 g/mol. The second kappa shape index (κ2) is 4.62. The molecule has 0 saturated carbocycles. The summed E-state index contributed by atoms with van der Waals surface area (Å²) >= 11 is 1.57. The van der Waals surface area contributed by atoms with Gasteiger partial charge in [-0.25, -0.2) is 9.37 Å². The van der Waals surface area contributed by atoms with Gasteiger partial charge in [0.2, 0.25) is 0 Å². The van der Waals surface area contributed by atoms with E-state index in [0.29, 0.717) is 11.5 Å². The molecule has 0 aliphatic heterocycles. The van der Waals surface area contributed by atoms with Crippen molar-refractivity contribution in [2.24, 2.45) is 0 Å². The molecule has 0 spiro atoms. The van der Waals surface area contributed by atoms with Gasteiger partial charge >= 0.3 is 0 Å². The minimum absolute atomic E-state index is 0.269. The van der Waals surface area contributed by atoms with Crippen LogP contribution in [0.2, 0.25) is 0 Å². The summed E-state index contributed by atoms with van der Waals surface area (Å²) < 4.78 is 12.8. The predicted molar refractivity (Wildman–Crippen MR) is 68.5 cm³/mol. The number of aromatic nitrogens is 3. The van der Waals surface area contributed by atoms with E-state index in [4.69, 9.17) is 0 Å². The van der Waals surface area contributed by atoms with Crippen LogP contribution in [-0.2, 0) is 0 Å². The Bertz CT molecular complexity index is 633. The molecule has 88 valence electrons. The van der Waals surface area contributed by atoms with E-state index >= 15 is 0 Å². The van der Waals surface area contributed by atoms with Crippen molar-refractivity contribution in [1.82, 2.24) is 15.2 Å². The topological polar surface area (TPSA) is 38.7 Å². The van der Waals surface area contributed by atoms with Crippen molar-refractivity contribution in [2.75, 3.05) is 0 Å². The largest absolute Gasteiger partial charge is 0.232 e. The first-order valence-electron chi connectivity index (χ1n) is 5.32. The van der Waals surface area contributed by atoms with Gasteiger partial charge in [-0.2, -0.15) is 0 Å². The Labute approximate surface area is 107 Å². The lowest BCUT2D eigenvalue weighted by atomic mass is 10.2. The predicted octanol–water partition coefficient (Wildman–Crippen LogP) is 3.41. The molecule has 3 aromatic rings. The molecule has 2 heterocycles. The van der Waals surface area contributed by atoms with Gasteiger partial charge in [-0.05, 0) is 35.7 Å². The third-order valence-corrected chi connectivity index (χ3v) is 3.31. The summed E-state index contributed by atoms with van der Waals surface area (Å²) in [6.07, 6.45) is 1.65. The summed E-state index contributed by atoms with van der Waals surface area (Å²) in [4.78, 5) is 5.24. The highest BCUT2D eigenvalue weighted by molar-refractivity contribution is 7.13. The molecule has 0 aliphatic carbocycles.